The summed E-state index contributed by atoms with van der Waals surface area (Å²) in [6.07, 6.45) is 11.1. The minimum absolute atomic E-state index is 0.0736. The molecule has 1 saturated heterocycles. The molecule has 2 fully saturated rings. The van der Waals surface area contributed by atoms with Crippen LogP contribution in [-0.4, -0.2) is 30.8 Å². The molecule has 1 aliphatic carbocycles. The maximum atomic E-state index is 12.1. The van der Waals surface area contributed by atoms with Crippen molar-refractivity contribution in [2.24, 2.45) is 11.8 Å². The van der Waals surface area contributed by atoms with Gasteiger partial charge in [0.25, 0.3) is 0 Å². The summed E-state index contributed by atoms with van der Waals surface area (Å²) in [7, 11) is 0. The second kappa shape index (κ2) is 8.29. The Balaban J connectivity index is 1.51. The maximum absolute atomic E-state index is 12.1. The van der Waals surface area contributed by atoms with Crippen molar-refractivity contribution in [2.45, 2.75) is 44.9 Å². The Labute approximate surface area is 137 Å². The predicted octanol–water partition coefficient (Wildman–Crippen LogP) is 3.37. The van der Waals surface area contributed by atoms with Gasteiger partial charge in [0.1, 0.15) is 5.75 Å². The molecule has 1 aromatic heterocycles. The SMILES string of the molecule is O=C(Oc1cncc(OCC2CCCCC2)c1)C1CCOCC1. The number of rotatable bonds is 5. The van der Waals surface area contributed by atoms with E-state index in [9.17, 15) is 4.79 Å². The van der Waals surface area contributed by atoms with Crippen LogP contribution in [0.4, 0.5) is 0 Å². The third-order valence-electron chi connectivity index (χ3n) is 4.67. The van der Waals surface area contributed by atoms with Crippen LogP contribution in [0.3, 0.4) is 0 Å². The zero-order chi connectivity index (χ0) is 15.9. The molecule has 23 heavy (non-hydrogen) atoms. The van der Waals surface area contributed by atoms with Gasteiger partial charge < -0.3 is 14.2 Å². The Hall–Kier alpha value is -1.62. The molecule has 0 amide bonds. The van der Waals surface area contributed by atoms with Crippen LogP contribution < -0.4 is 9.47 Å². The lowest BCUT2D eigenvalue weighted by atomic mass is 9.90. The number of hydrogen-bond donors (Lipinski definition) is 0. The lowest BCUT2D eigenvalue weighted by Gasteiger charge is -2.22. The van der Waals surface area contributed by atoms with Crippen molar-refractivity contribution >= 4 is 5.97 Å². The average molecular weight is 319 g/mol. The summed E-state index contributed by atoms with van der Waals surface area (Å²) in [6.45, 7) is 1.98. The van der Waals surface area contributed by atoms with Crippen molar-refractivity contribution in [1.82, 2.24) is 4.98 Å². The standard InChI is InChI=1S/C18H25NO4/c20-18(15-6-8-21-9-7-15)23-17-10-16(11-19-12-17)22-13-14-4-2-1-3-5-14/h10-12,14-15H,1-9,13H2. The van der Waals surface area contributed by atoms with Gasteiger partial charge in [0, 0.05) is 19.3 Å². The van der Waals surface area contributed by atoms with E-state index in [0.717, 1.165) is 19.4 Å². The summed E-state index contributed by atoms with van der Waals surface area (Å²) in [6, 6.07) is 1.76. The Morgan fingerprint density at radius 3 is 2.61 bits per heavy atom. The summed E-state index contributed by atoms with van der Waals surface area (Å²) in [5, 5.41) is 0. The van der Waals surface area contributed by atoms with E-state index in [1.54, 1.807) is 18.5 Å². The molecule has 0 unspecified atom stereocenters. The van der Waals surface area contributed by atoms with Crippen LogP contribution in [0, 0.1) is 11.8 Å². The highest BCUT2D eigenvalue weighted by Gasteiger charge is 2.23. The number of esters is 1. The van der Waals surface area contributed by atoms with Crippen LogP contribution in [0.2, 0.25) is 0 Å². The van der Waals surface area contributed by atoms with Crippen LogP contribution in [0.5, 0.6) is 11.5 Å². The molecule has 1 saturated carbocycles. The van der Waals surface area contributed by atoms with E-state index in [1.807, 2.05) is 0 Å². The molecule has 0 radical (unpaired) electrons. The Morgan fingerprint density at radius 1 is 1.09 bits per heavy atom. The van der Waals surface area contributed by atoms with Crippen molar-refractivity contribution < 1.29 is 19.0 Å². The molecule has 0 bridgehead atoms. The first kappa shape index (κ1) is 16.2. The number of pyridine rings is 1. The third-order valence-corrected chi connectivity index (χ3v) is 4.67. The predicted molar refractivity (Wildman–Crippen MR) is 85.5 cm³/mol. The van der Waals surface area contributed by atoms with E-state index in [0.29, 0.717) is 30.6 Å². The molecule has 5 nitrogen and oxygen atoms in total. The van der Waals surface area contributed by atoms with Gasteiger partial charge in [0.2, 0.25) is 0 Å². The summed E-state index contributed by atoms with van der Waals surface area (Å²) in [5.41, 5.74) is 0. The molecular formula is C18H25NO4. The van der Waals surface area contributed by atoms with Gasteiger partial charge in [-0.05, 0) is 31.6 Å². The largest absolute Gasteiger partial charge is 0.492 e. The highest BCUT2D eigenvalue weighted by molar-refractivity contribution is 5.75. The molecule has 1 aliphatic heterocycles. The van der Waals surface area contributed by atoms with Crippen molar-refractivity contribution in [3.8, 4) is 11.5 Å². The number of aromatic nitrogens is 1. The molecule has 0 N–H and O–H groups in total. The number of carbonyl (C=O) groups excluding carboxylic acids is 1. The quantitative estimate of drug-likeness (QED) is 0.779. The third kappa shape index (κ3) is 4.93. The lowest BCUT2D eigenvalue weighted by molar-refractivity contribution is -0.142. The van der Waals surface area contributed by atoms with Gasteiger partial charge >= 0.3 is 5.97 Å². The van der Waals surface area contributed by atoms with Gasteiger partial charge in [-0.1, -0.05) is 19.3 Å². The van der Waals surface area contributed by atoms with E-state index < -0.39 is 0 Å². The highest BCUT2D eigenvalue weighted by Crippen LogP contribution is 2.26. The number of hydrogen-bond acceptors (Lipinski definition) is 5. The molecule has 2 aliphatic rings. The Bertz CT molecular complexity index is 507. The van der Waals surface area contributed by atoms with Gasteiger partial charge in [-0.15, -0.1) is 0 Å². The first-order chi connectivity index (χ1) is 11.3. The molecule has 0 atom stereocenters. The Kier molecular flexibility index (Phi) is 5.86. The van der Waals surface area contributed by atoms with Crippen LogP contribution in [0.25, 0.3) is 0 Å². The minimum atomic E-state index is -0.195. The van der Waals surface area contributed by atoms with E-state index in [4.69, 9.17) is 14.2 Å². The summed E-state index contributed by atoms with van der Waals surface area (Å²) >= 11 is 0. The first-order valence-corrected chi connectivity index (χ1v) is 8.68. The van der Waals surface area contributed by atoms with Gasteiger partial charge in [0.15, 0.2) is 5.75 Å². The summed E-state index contributed by atoms with van der Waals surface area (Å²) in [4.78, 5) is 16.3. The number of nitrogens with zero attached hydrogens (tertiary/aromatic N) is 1. The number of ether oxygens (including phenoxy) is 3. The smallest absolute Gasteiger partial charge is 0.314 e. The summed E-state index contributed by atoms with van der Waals surface area (Å²) < 4.78 is 16.6. The highest BCUT2D eigenvalue weighted by atomic mass is 16.5. The van der Waals surface area contributed by atoms with Crippen LogP contribution in [0.15, 0.2) is 18.5 Å². The molecule has 0 aromatic carbocycles. The van der Waals surface area contributed by atoms with E-state index in [2.05, 4.69) is 4.98 Å². The molecular weight excluding hydrogens is 294 g/mol. The topological polar surface area (TPSA) is 57.7 Å². The van der Waals surface area contributed by atoms with E-state index in [1.165, 1.54) is 32.1 Å². The van der Waals surface area contributed by atoms with Gasteiger partial charge in [-0.2, -0.15) is 0 Å². The lowest BCUT2D eigenvalue weighted by Crippen LogP contribution is -2.27. The fraction of sp³-hybridized carbons (Fsp3) is 0.667. The second-order valence-electron chi connectivity index (χ2n) is 6.48. The van der Waals surface area contributed by atoms with E-state index >= 15 is 0 Å². The maximum Gasteiger partial charge on any atom is 0.314 e. The van der Waals surface area contributed by atoms with Crippen molar-refractivity contribution in [3.63, 3.8) is 0 Å². The average Bonchev–Trinajstić information content (AvgIpc) is 2.62. The van der Waals surface area contributed by atoms with Crippen LogP contribution in [-0.2, 0) is 9.53 Å². The zero-order valence-electron chi connectivity index (χ0n) is 13.5. The van der Waals surface area contributed by atoms with Crippen molar-refractivity contribution in [2.75, 3.05) is 19.8 Å². The minimum Gasteiger partial charge on any atom is -0.492 e. The zero-order valence-corrected chi connectivity index (χ0v) is 13.5. The second-order valence-corrected chi connectivity index (χ2v) is 6.48. The molecule has 126 valence electrons. The fourth-order valence-corrected chi connectivity index (χ4v) is 3.23. The van der Waals surface area contributed by atoms with Gasteiger partial charge in [-0.3, -0.25) is 9.78 Å². The van der Waals surface area contributed by atoms with E-state index in [-0.39, 0.29) is 11.9 Å². The normalized spacial score (nSPS) is 20.2. The molecule has 5 heteroatoms. The van der Waals surface area contributed by atoms with Gasteiger partial charge in [0.05, 0.1) is 24.9 Å². The fourth-order valence-electron chi connectivity index (χ4n) is 3.23. The van der Waals surface area contributed by atoms with Crippen molar-refractivity contribution in [3.05, 3.63) is 18.5 Å². The summed E-state index contributed by atoms with van der Waals surface area (Å²) in [5.74, 6) is 1.50. The Morgan fingerprint density at radius 2 is 1.83 bits per heavy atom. The molecule has 2 heterocycles. The van der Waals surface area contributed by atoms with Crippen LogP contribution >= 0.6 is 0 Å². The van der Waals surface area contributed by atoms with Crippen molar-refractivity contribution in [1.29, 1.82) is 0 Å². The molecule has 3 rings (SSSR count). The molecule has 1 aromatic rings. The first-order valence-electron chi connectivity index (χ1n) is 8.68. The number of carbonyl (C=O) groups is 1. The monoisotopic (exact) mass is 319 g/mol. The van der Waals surface area contributed by atoms with Gasteiger partial charge in [-0.25, -0.2) is 0 Å². The van der Waals surface area contributed by atoms with Crippen LogP contribution in [0.1, 0.15) is 44.9 Å². The molecule has 0 spiro atoms.